The maximum absolute atomic E-state index is 12.3. The second-order valence-electron chi connectivity index (χ2n) is 6.69. The summed E-state index contributed by atoms with van der Waals surface area (Å²) in [6, 6.07) is 0. The van der Waals surface area contributed by atoms with Crippen molar-refractivity contribution in [2.24, 2.45) is 23.7 Å². The Morgan fingerprint density at radius 3 is 2.74 bits per heavy atom. The summed E-state index contributed by atoms with van der Waals surface area (Å²) in [5.74, 6) is -3.88. The molecule has 1 aliphatic carbocycles. The lowest BCUT2D eigenvalue weighted by Gasteiger charge is -2.36. The Morgan fingerprint density at radius 2 is 2.13 bits per heavy atom. The largest absolute Gasteiger partial charge is 0.469 e. The van der Waals surface area contributed by atoms with Gasteiger partial charge < -0.3 is 24.1 Å². The standard InChI is InChI=1S/C16H22O7/c1-16(2)22-7-10(23-16)13(17)9-5-4-8-6-21-15(19)11(8)12(9)14(18)20-3/h4-5,8-13,17H,6-7H2,1-3H3/t8-,9-,10-,11-,12+,13+/m1/s1. The summed E-state index contributed by atoms with van der Waals surface area (Å²) in [6.07, 6.45) is 2.06. The molecule has 3 rings (SSSR count). The first kappa shape index (κ1) is 16.4. The van der Waals surface area contributed by atoms with Crippen LogP contribution in [0.15, 0.2) is 12.2 Å². The number of cyclic esters (lactones) is 1. The van der Waals surface area contributed by atoms with Crippen molar-refractivity contribution >= 4 is 11.9 Å². The van der Waals surface area contributed by atoms with Crippen LogP contribution >= 0.6 is 0 Å². The van der Waals surface area contributed by atoms with Crippen molar-refractivity contribution in [3.8, 4) is 0 Å². The molecule has 2 fully saturated rings. The Kier molecular flexibility index (Phi) is 4.20. The quantitative estimate of drug-likeness (QED) is 0.588. The topological polar surface area (TPSA) is 91.3 Å². The number of methoxy groups -OCH3 is 1. The van der Waals surface area contributed by atoms with Crippen LogP contribution < -0.4 is 0 Å². The van der Waals surface area contributed by atoms with Gasteiger partial charge in [-0.05, 0) is 13.8 Å². The first-order valence-corrected chi connectivity index (χ1v) is 7.76. The van der Waals surface area contributed by atoms with Crippen LogP contribution in [0.2, 0.25) is 0 Å². The minimum atomic E-state index is -0.980. The van der Waals surface area contributed by atoms with E-state index in [1.54, 1.807) is 19.9 Å². The second kappa shape index (κ2) is 5.89. The third kappa shape index (κ3) is 2.88. The molecular formula is C16H22O7. The third-order valence-electron chi connectivity index (χ3n) is 4.81. The van der Waals surface area contributed by atoms with Gasteiger partial charge in [0.1, 0.15) is 6.10 Å². The van der Waals surface area contributed by atoms with E-state index >= 15 is 0 Å². The van der Waals surface area contributed by atoms with Crippen molar-refractivity contribution in [1.82, 2.24) is 0 Å². The number of aliphatic hydroxyl groups is 1. The van der Waals surface area contributed by atoms with E-state index in [1.165, 1.54) is 7.11 Å². The fourth-order valence-electron chi connectivity index (χ4n) is 3.67. The third-order valence-corrected chi connectivity index (χ3v) is 4.81. The number of rotatable bonds is 3. The minimum absolute atomic E-state index is 0.160. The van der Waals surface area contributed by atoms with Gasteiger partial charge in [-0.15, -0.1) is 0 Å². The lowest BCUT2D eigenvalue weighted by atomic mass is 9.69. The number of carbonyl (C=O) groups is 2. The molecule has 0 amide bonds. The van der Waals surface area contributed by atoms with Crippen LogP contribution in [0.3, 0.4) is 0 Å². The molecular weight excluding hydrogens is 304 g/mol. The van der Waals surface area contributed by atoms with Crippen LogP contribution in [0.4, 0.5) is 0 Å². The molecule has 0 aromatic heterocycles. The molecule has 0 saturated carbocycles. The van der Waals surface area contributed by atoms with E-state index in [0.29, 0.717) is 0 Å². The fraction of sp³-hybridized carbons (Fsp3) is 0.750. The van der Waals surface area contributed by atoms with Crippen LogP contribution in [-0.4, -0.2) is 55.4 Å². The lowest BCUT2D eigenvalue weighted by molar-refractivity contribution is -0.166. The Balaban J connectivity index is 1.86. The van der Waals surface area contributed by atoms with Gasteiger partial charge in [0.05, 0.1) is 38.3 Å². The smallest absolute Gasteiger partial charge is 0.310 e. The van der Waals surface area contributed by atoms with Gasteiger partial charge in [0.2, 0.25) is 0 Å². The van der Waals surface area contributed by atoms with Gasteiger partial charge in [0.15, 0.2) is 5.79 Å². The molecule has 7 nitrogen and oxygen atoms in total. The number of fused-ring (bicyclic) bond motifs is 1. The molecule has 128 valence electrons. The second-order valence-corrected chi connectivity index (χ2v) is 6.69. The minimum Gasteiger partial charge on any atom is -0.469 e. The van der Waals surface area contributed by atoms with Crippen molar-refractivity contribution in [3.63, 3.8) is 0 Å². The predicted octanol–water partition coefficient (Wildman–Crippen LogP) is 0.263. The Morgan fingerprint density at radius 1 is 1.39 bits per heavy atom. The number of carbonyl (C=O) groups excluding carboxylic acids is 2. The van der Waals surface area contributed by atoms with Crippen LogP contribution in [0.5, 0.6) is 0 Å². The first-order chi connectivity index (χ1) is 10.8. The molecule has 0 bridgehead atoms. The number of esters is 2. The monoisotopic (exact) mass is 326 g/mol. The molecule has 7 heteroatoms. The molecule has 0 unspecified atom stereocenters. The molecule has 2 saturated heterocycles. The van der Waals surface area contributed by atoms with Crippen LogP contribution in [0, 0.1) is 23.7 Å². The van der Waals surface area contributed by atoms with Gasteiger partial charge in [0, 0.05) is 11.8 Å². The SMILES string of the molecule is COC(=O)[C@H]1[C@H]([C@H](O)[C@H]2COC(C)(C)O2)C=C[C@@H]2COC(=O)[C@@H]12. The molecule has 3 aliphatic rings. The zero-order valence-electron chi connectivity index (χ0n) is 13.4. The molecule has 6 atom stereocenters. The maximum Gasteiger partial charge on any atom is 0.310 e. The molecule has 23 heavy (non-hydrogen) atoms. The number of hydrogen-bond donors (Lipinski definition) is 1. The summed E-state index contributed by atoms with van der Waals surface area (Å²) in [5.41, 5.74) is 0. The molecule has 2 heterocycles. The van der Waals surface area contributed by atoms with Crippen LogP contribution in [0.1, 0.15) is 13.8 Å². The summed E-state index contributed by atoms with van der Waals surface area (Å²) in [5, 5.41) is 10.7. The van der Waals surface area contributed by atoms with Crippen molar-refractivity contribution in [1.29, 1.82) is 0 Å². The Labute approximate surface area is 134 Å². The van der Waals surface area contributed by atoms with Gasteiger partial charge in [-0.25, -0.2) is 0 Å². The maximum atomic E-state index is 12.3. The zero-order valence-corrected chi connectivity index (χ0v) is 13.4. The summed E-state index contributed by atoms with van der Waals surface area (Å²) in [6.45, 7) is 4.01. The van der Waals surface area contributed by atoms with E-state index < -0.39 is 47.7 Å². The van der Waals surface area contributed by atoms with Crippen molar-refractivity contribution in [2.75, 3.05) is 20.3 Å². The highest BCUT2D eigenvalue weighted by Gasteiger charge is 2.53. The highest BCUT2D eigenvalue weighted by atomic mass is 16.7. The van der Waals surface area contributed by atoms with Crippen LogP contribution in [0.25, 0.3) is 0 Å². The summed E-state index contributed by atoms with van der Waals surface area (Å²) in [4.78, 5) is 24.3. The average Bonchev–Trinajstić information content (AvgIpc) is 3.08. The van der Waals surface area contributed by atoms with E-state index in [-0.39, 0.29) is 19.1 Å². The fourth-order valence-corrected chi connectivity index (χ4v) is 3.67. The molecule has 0 spiro atoms. The van der Waals surface area contributed by atoms with E-state index in [2.05, 4.69) is 0 Å². The van der Waals surface area contributed by atoms with E-state index in [4.69, 9.17) is 18.9 Å². The average molecular weight is 326 g/mol. The summed E-state index contributed by atoms with van der Waals surface area (Å²) >= 11 is 0. The summed E-state index contributed by atoms with van der Waals surface area (Å²) in [7, 11) is 1.28. The van der Waals surface area contributed by atoms with E-state index in [0.717, 1.165) is 0 Å². The molecule has 0 radical (unpaired) electrons. The zero-order chi connectivity index (χ0) is 16.8. The van der Waals surface area contributed by atoms with Gasteiger partial charge in [-0.2, -0.15) is 0 Å². The molecule has 2 aliphatic heterocycles. The van der Waals surface area contributed by atoms with E-state index in [1.807, 2.05) is 6.08 Å². The van der Waals surface area contributed by atoms with E-state index in [9.17, 15) is 14.7 Å². The van der Waals surface area contributed by atoms with Crippen molar-refractivity contribution < 1.29 is 33.6 Å². The van der Waals surface area contributed by atoms with Gasteiger partial charge in [-0.1, -0.05) is 12.2 Å². The van der Waals surface area contributed by atoms with Gasteiger partial charge in [0.25, 0.3) is 0 Å². The molecule has 1 N–H and O–H groups in total. The Hall–Kier alpha value is -1.44. The normalized spacial score (nSPS) is 39.7. The van der Waals surface area contributed by atoms with Gasteiger partial charge >= 0.3 is 11.9 Å². The predicted molar refractivity (Wildman–Crippen MR) is 77.0 cm³/mol. The Bertz CT molecular complexity index is 527. The van der Waals surface area contributed by atoms with Gasteiger partial charge in [-0.3, -0.25) is 9.59 Å². The van der Waals surface area contributed by atoms with Crippen molar-refractivity contribution in [2.45, 2.75) is 31.8 Å². The molecule has 0 aromatic rings. The summed E-state index contributed by atoms with van der Waals surface area (Å²) < 4.78 is 21.1. The number of ether oxygens (including phenoxy) is 4. The number of hydrogen-bond acceptors (Lipinski definition) is 7. The lowest BCUT2D eigenvalue weighted by Crippen LogP contribution is -2.47. The number of aliphatic hydroxyl groups excluding tert-OH is 1. The highest BCUT2D eigenvalue weighted by molar-refractivity contribution is 5.84. The first-order valence-electron chi connectivity index (χ1n) is 7.76. The van der Waals surface area contributed by atoms with Crippen molar-refractivity contribution in [3.05, 3.63) is 12.2 Å². The highest BCUT2D eigenvalue weighted by Crippen LogP contribution is 2.42. The van der Waals surface area contributed by atoms with Crippen LogP contribution in [-0.2, 0) is 28.5 Å². The molecule has 0 aromatic carbocycles.